The maximum absolute atomic E-state index is 13.0. The van der Waals surface area contributed by atoms with E-state index in [4.69, 9.17) is 9.47 Å². The van der Waals surface area contributed by atoms with Crippen LogP contribution >= 0.6 is 11.8 Å². The number of carbonyl (C=O) groups excluding carboxylic acids is 3. The van der Waals surface area contributed by atoms with Gasteiger partial charge >= 0.3 is 5.97 Å². The van der Waals surface area contributed by atoms with E-state index in [0.29, 0.717) is 19.6 Å². The van der Waals surface area contributed by atoms with Gasteiger partial charge in [-0.25, -0.2) is 4.79 Å². The van der Waals surface area contributed by atoms with Crippen LogP contribution in [-0.2, 0) is 25.7 Å². The minimum absolute atomic E-state index is 0.103. The van der Waals surface area contributed by atoms with Crippen molar-refractivity contribution >= 4 is 35.2 Å². The van der Waals surface area contributed by atoms with E-state index in [1.54, 1.807) is 7.05 Å². The van der Waals surface area contributed by atoms with Gasteiger partial charge in [0.25, 0.3) is 5.91 Å². The fourth-order valence-electron chi connectivity index (χ4n) is 3.84. The van der Waals surface area contributed by atoms with Crippen LogP contribution in [0.4, 0.5) is 5.69 Å². The van der Waals surface area contributed by atoms with Crippen molar-refractivity contribution in [3.63, 3.8) is 0 Å². The average molecular weight is 441 g/mol. The third-order valence-electron chi connectivity index (χ3n) is 5.40. The number of hydrogen-bond donors (Lipinski definition) is 0. The van der Waals surface area contributed by atoms with E-state index in [1.807, 2.05) is 55.5 Å². The van der Waals surface area contributed by atoms with E-state index in [2.05, 4.69) is 0 Å². The summed E-state index contributed by atoms with van der Waals surface area (Å²) >= 11 is 1.33. The Morgan fingerprint density at radius 2 is 1.90 bits per heavy atom. The number of anilines is 1. The summed E-state index contributed by atoms with van der Waals surface area (Å²) in [5.74, 6) is -0.190. The van der Waals surface area contributed by atoms with Crippen molar-refractivity contribution in [1.82, 2.24) is 4.90 Å². The van der Waals surface area contributed by atoms with E-state index >= 15 is 0 Å². The van der Waals surface area contributed by atoms with Crippen LogP contribution in [0.1, 0.15) is 25.3 Å². The minimum Gasteiger partial charge on any atom is -0.494 e. The zero-order chi connectivity index (χ0) is 22.0. The van der Waals surface area contributed by atoms with Gasteiger partial charge in [-0.2, -0.15) is 0 Å². The van der Waals surface area contributed by atoms with E-state index in [0.717, 1.165) is 21.9 Å². The standard InChI is InChI=1S/C23H24N2O5S/c1-3-29-17-10-8-16(9-11-17)14-24(2)21(27)15-30-22(28)23-13-12-20(26)25(23)18-6-4-5-7-19(18)31-23/h4-11H,3,12-15H2,1-2H3. The largest absolute Gasteiger partial charge is 0.494 e. The molecule has 0 bridgehead atoms. The first-order chi connectivity index (χ1) is 14.9. The number of rotatable bonds is 7. The predicted molar refractivity (Wildman–Crippen MR) is 117 cm³/mol. The summed E-state index contributed by atoms with van der Waals surface area (Å²) in [5, 5.41) is 0. The summed E-state index contributed by atoms with van der Waals surface area (Å²) in [6.07, 6.45) is 0.641. The highest BCUT2D eigenvalue weighted by Crippen LogP contribution is 2.56. The van der Waals surface area contributed by atoms with Gasteiger partial charge in [0.1, 0.15) is 5.75 Å². The number of benzene rings is 2. The van der Waals surface area contributed by atoms with Gasteiger partial charge in [0, 0.05) is 31.3 Å². The SMILES string of the molecule is CCOc1ccc(CN(C)C(=O)COC(=O)C23CCC(=O)N2c2ccccc2S3)cc1. The fraction of sp³-hybridized carbons (Fsp3) is 0.348. The Kier molecular flexibility index (Phi) is 5.91. The first-order valence-electron chi connectivity index (χ1n) is 10.2. The molecule has 8 heteroatoms. The summed E-state index contributed by atoms with van der Waals surface area (Å²) in [6, 6.07) is 14.9. The normalized spacial score (nSPS) is 19.0. The van der Waals surface area contributed by atoms with Crippen LogP contribution in [0, 0.1) is 0 Å². The maximum Gasteiger partial charge on any atom is 0.344 e. The lowest BCUT2D eigenvalue weighted by atomic mass is 10.2. The molecule has 2 aliphatic rings. The van der Waals surface area contributed by atoms with Crippen LogP contribution in [-0.4, -0.2) is 47.8 Å². The second kappa shape index (κ2) is 8.63. The van der Waals surface area contributed by atoms with Gasteiger partial charge in [-0.05, 0) is 36.8 Å². The summed E-state index contributed by atoms with van der Waals surface area (Å²) in [4.78, 5) is 40.8. The molecule has 2 aromatic carbocycles. The molecular formula is C23H24N2O5S. The average Bonchev–Trinajstić information content (AvgIpc) is 3.29. The summed E-state index contributed by atoms with van der Waals surface area (Å²) in [5.41, 5.74) is 1.67. The molecule has 31 heavy (non-hydrogen) atoms. The number of ether oxygens (including phenoxy) is 2. The smallest absolute Gasteiger partial charge is 0.344 e. The van der Waals surface area contributed by atoms with Crippen molar-refractivity contribution in [2.24, 2.45) is 0 Å². The second-order valence-corrected chi connectivity index (χ2v) is 8.81. The molecule has 1 unspecified atom stereocenters. The van der Waals surface area contributed by atoms with E-state index in [1.165, 1.54) is 21.6 Å². The first kappa shape index (κ1) is 21.2. The molecule has 1 fully saturated rings. The molecule has 162 valence electrons. The number of thioether (sulfide) groups is 1. The third kappa shape index (κ3) is 3.99. The number of carbonyl (C=O) groups is 3. The zero-order valence-corrected chi connectivity index (χ0v) is 18.3. The molecule has 2 amide bonds. The topological polar surface area (TPSA) is 76.1 Å². The monoisotopic (exact) mass is 440 g/mol. The van der Waals surface area contributed by atoms with E-state index in [-0.39, 0.29) is 24.8 Å². The molecule has 7 nitrogen and oxygen atoms in total. The predicted octanol–water partition coefficient (Wildman–Crippen LogP) is 3.22. The van der Waals surface area contributed by atoms with Crippen molar-refractivity contribution in [1.29, 1.82) is 0 Å². The van der Waals surface area contributed by atoms with Crippen LogP contribution in [0.3, 0.4) is 0 Å². The zero-order valence-electron chi connectivity index (χ0n) is 17.5. The summed E-state index contributed by atoms with van der Waals surface area (Å²) in [6.45, 7) is 2.54. The van der Waals surface area contributed by atoms with Crippen molar-refractivity contribution in [2.45, 2.75) is 36.1 Å². The Morgan fingerprint density at radius 1 is 1.16 bits per heavy atom. The van der Waals surface area contributed by atoms with Crippen LogP contribution in [0.2, 0.25) is 0 Å². The number of amides is 2. The van der Waals surface area contributed by atoms with Gasteiger partial charge in [0.2, 0.25) is 5.91 Å². The van der Waals surface area contributed by atoms with Crippen molar-refractivity contribution in [3.05, 3.63) is 54.1 Å². The van der Waals surface area contributed by atoms with Crippen LogP contribution < -0.4 is 9.64 Å². The molecule has 4 rings (SSSR count). The number of hydrogen-bond acceptors (Lipinski definition) is 6. The number of esters is 1. The summed E-state index contributed by atoms with van der Waals surface area (Å²) in [7, 11) is 1.66. The van der Waals surface area contributed by atoms with Gasteiger partial charge in [-0.15, -0.1) is 0 Å². The Morgan fingerprint density at radius 3 is 2.65 bits per heavy atom. The minimum atomic E-state index is -1.12. The highest BCUT2D eigenvalue weighted by atomic mass is 32.2. The van der Waals surface area contributed by atoms with Gasteiger partial charge in [-0.1, -0.05) is 36.0 Å². The highest BCUT2D eigenvalue weighted by Gasteiger charge is 2.58. The lowest BCUT2D eigenvalue weighted by Gasteiger charge is -2.28. The van der Waals surface area contributed by atoms with E-state index in [9.17, 15) is 14.4 Å². The molecule has 2 heterocycles. The van der Waals surface area contributed by atoms with Crippen LogP contribution in [0.5, 0.6) is 5.75 Å². The Labute approximate surface area is 185 Å². The third-order valence-corrected chi connectivity index (χ3v) is 6.86. The first-order valence-corrected chi connectivity index (χ1v) is 11.0. The summed E-state index contributed by atoms with van der Waals surface area (Å²) < 4.78 is 10.8. The number of fused-ring (bicyclic) bond motifs is 3. The fourth-order valence-corrected chi connectivity index (χ4v) is 5.25. The Hall–Kier alpha value is -3.00. The number of nitrogens with zero attached hydrogens (tertiary/aromatic N) is 2. The molecule has 1 saturated heterocycles. The molecule has 0 aromatic heterocycles. The highest BCUT2D eigenvalue weighted by molar-refractivity contribution is 8.02. The molecule has 0 aliphatic carbocycles. The van der Waals surface area contributed by atoms with Gasteiger partial charge in [0.05, 0.1) is 12.3 Å². The number of likely N-dealkylation sites (N-methyl/N-ethyl adjacent to an activating group) is 1. The lowest BCUT2D eigenvalue weighted by Crippen LogP contribution is -2.48. The van der Waals surface area contributed by atoms with Gasteiger partial charge < -0.3 is 14.4 Å². The van der Waals surface area contributed by atoms with Crippen molar-refractivity contribution in [2.75, 3.05) is 25.2 Å². The number of para-hydroxylation sites is 1. The quantitative estimate of drug-likeness (QED) is 0.616. The van der Waals surface area contributed by atoms with Crippen molar-refractivity contribution < 1.29 is 23.9 Å². The molecule has 2 aliphatic heterocycles. The van der Waals surface area contributed by atoms with Crippen LogP contribution in [0.25, 0.3) is 0 Å². The van der Waals surface area contributed by atoms with Crippen molar-refractivity contribution in [3.8, 4) is 5.75 Å². The maximum atomic E-state index is 13.0. The molecule has 0 spiro atoms. The molecule has 1 atom stereocenters. The molecule has 0 N–H and O–H groups in total. The Balaban J connectivity index is 1.37. The second-order valence-electron chi connectivity index (χ2n) is 7.49. The molecule has 2 aromatic rings. The van der Waals surface area contributed by atoms with Gasteiger partial charge in [0.15, 0.2) is 11.5 Å². The Bertz CT molecular complexity index is 1010. The lowest BCUT2D eigenvalue weighted by molar-refractivity contribution is -0.153. The molecule has 0 radical (unpaired) electrons. The molecule has 0 saturated carbocycles. The van der Waals surface area contributed by atoms with Gasteiger partial charge in [-0.3, -0.25) is 14.5 Å². The molecular weight excluding hydrogens is 416 g/mol. The van der Waals surface area contributed by atoms with E-state index < -0.39 is 10.8 Å². The van der Waals surface area contributed by atoms with Crippen LogP contribution in [0.15, 0.2) is 53.4 Å².